The van der Waals surface area contributed by atoms with Crippen molar-refractivity contribution in [2.24, 2.45) is 11.3 Å². The van der Waals surface area contributed by atoms with Crippen LogP contribution in [0.15, 0.2) is 5.38 Å². The number of hydrogen-bond donors (Lipinski definition) is 2. The van der Waals surface area contributed by atoms with Gasteiger partial charge in [0, 0.05) is 17.8 Å². The molecule has 116 valence electrons. The van der Waals surface area contributed by atoms with E-state index in [2.05, 4.69) is 21.0 Å². The van der Waals surface area contributed by atoms with Crippen LogP contribution in [0.4, 0.5) is 5.13 Å². The van der Waals surface area contributed by atoms with Gasteiger partial charge in [-0.3, -0.25) is 4.79 Å². The lowest BCUT2D eigenvalue weighted by molar-refractivity contribution is -0.128. The molecule has 2 heterocycles. The standard InChI is InChI=1S/C15H21N3OS.ClH/c19-13(15-6-2-1-3-11(15)7-16-9-15)18-14-17-12(8-20-14)10-4-5-10;/h8,10-11,16H,1-7,9H2,(H,17,18,19);1H/t11-,15+;/m0./s1. The molecule has 6 heteroatoms. The highest BCUT2D eigenvalue weighted by molar-refractivity contribution is 7.13. The lowest BCUT2D eigenvalue weighted by Gasteiger charge is -2.36. The fraction of sp³-hybridized carbons (Fsp3) is 0.733. The second-order valence-electron chi connectivity index (χ2n) is 6.54. The summed E-state index contributed by atoms with van der Waals surface area (Å²) in [4.78, 5) is 17.4. The maximum Gasteiger partial charge on any atom is 0.233 e. The summed E-state index contributed by atoms with van der Waals surface area (Å²) in [5, 5.41) is 9.43. The van der Waals surface area contributed by atoms with Crippen molar-refractivity contribution >= 4 is 34.8 Å². The second kappa shape index (κ2) is 5.86. The number of amides is 1. The number of halogens is 1. The first-order valence-electron chi connectivity index (χ1n) is 7.75. The summed E-state index contributed by atoms with van der Waals surface area (Å²) in [5.41, 5.74) is 0.997. The molecule has 2 N–H and O–H groups in total. The van der Waals surface area contributed by atoms with Crippen LogP contribution >= 0.6 is 23.7 Å². The summed E-state index contributed by atoms with van der Waals surface area (Å²) >= 11 is 1.58. The van der Waals surface area contributed by atoms with Gasteiger partial charge >= 0.3 is 0 Å². The van der Waals surface area contributed by atoms with Gasteiger partial charge in [-0.2, -0.15) is 0 Å². The SMILES string of the molecule is Cl.O=C(Nc1nc(C2CC2)cs1)[C@@]12CCCC[C@H]1CNC2. The van der Waals surface area contributed by atoms with Gasteiger partial charge in [-0.15, -0.1) is 23.7 Å². The minimum Gasteiger partial charge on any atom is -0.315 e. The Balaban J connectivity index is 0.00000132. The molecule has 0 radical (unpaired) electrons. The van der Waals surface area contributed by atoms with Crippen molar-refractivity contribution < 1.29 is 4.79 Å². The quantitative estimate of drug-likeness (QED) is 0.896. The summed E-state index contributed by atoms with van der Waals surface area (Å²) in [5.74, 6) is 1.37. The molecule has 4 nitrogen and oxygen atoms in total. The number of hydrogen-bond acceptors (Lipinski definition) is 4. The molecule has 0 spiro atoms. The largest absolute Gasteiger partial charge is 0.315 e. The average molecular weight is 328 g/mol. The molecule has 21 heavy (non-hydrogen) atoms. The summed E-state index contributed by atoms with van der Waals surface area (Å²) in [7, 11) is 0. The molecule has 2 saturated carbocycles. The van der Waals surface area contributed by atoms with Crippen LogP contribution in [0, 0.1) is 11.3 Å². The molecule has 3 fully saturated rings. The Labute approximate surface area is 135 Å². The highest BCUT2D eigenvalue weighted by atomic mass is 35.5. The van der Waals surface area contributed by atoms with Crippen molar-refractivity contribution in [1.82, 2.24) is 10.3 Å². The zero-order chi connectivity index (χ0) is 13.6. The van der Waals surface area contributed by atoms with E-state index in [0.717, 1.165) is 24.6 Å². The molecular formula is C15H22ClN3OS. The predicted octanol–water partition coefficient (Wildman–Crippen LogP) is 3.16. The van der Waals surface area contributed by atoms with E-state index in [1.165, 1.54) is 37.8 Å². The van der Waals surface area contributed by atoms with E-state index >= 15 is 0 Å². The highest BCUT2D eigenvalue weighted by Crippen LogP contribution is 2.45. The number of thiazole rings is 1. The molecule has 0 aromatic carbocycles. The molecule has 1 saturated heterocycles. The first kappa shape index (κ1) is 15.3. The predicted molar refractivity (Wildman–Crippen MR) is 87.2 cm³/mol. The van der Waals surface area contributed by atoms with E-state index in [1.807, 2.05) is 0 Å². The summed E-state index contributed by atoms with van der Waals surface area (Å²) in [6, 6.07) is 0. The normalized spacial score (nSPS) is 31.3. The minimum atomic E-state index is -0.177. The smallest absolute Gasteiger partial charge is 0.233 e. The Morgan fingerprint density at radius 3 is 3.05 bits per heavy atom. The fourth-order valence-electron chi connectivity index (χ4n) is 3.82. The number of nitrogens with zero attached hydrogens (tertiary/aromatic N) is 1. The lowest BCUT2D eigenvalue weighted by atomic mass is 9.68. The van der Waals surface area contributed by atoms with Gasteiger partial charge < -0.3 is 10.6 Å². The average Bonchev–Trinajstić information content (AvgIpc) is 3.04. The number of nitrogens with one attached hydrogen (secondary N) is 2. The molecule has 1 aliphatic heterocycles. The molecule has 4 rings (SSSR count). The van der Waals surface area contributed by atoms with Gasteiger partial charge in [-0.05, 0) is 38.1 Å². The number of anilines is 1. The van der Waals surface area contributed by atoms with Crippen LogP contribution in [0.1, 0.15) is 50.1 Å². The molecule has 1 aromatic heterocycles. The van der Waals surface area contributed by atoms with Crippen LogP contribution in [0.3, 0.4) is 0 Å². The molecule has 2 atom stereocenters. The van der Waals surface area contributed by atoms with Crippen molar-refractivity contribution in [2.45, 2.75) is 44.4 Å². The number of carbonyl (C=O) groups excluding carboxylic acids is 1. The zero-order valence-electron chi connectivity index (χ0n) is 12.1. The van der Waals surface area contributed by atoms with E-state index in [0.29, 0.717) is 11.8 Å². The van der Waals surface area contributed by atoms with Crippen LogP contribution in [0.2, 0.25) is 0 Å². The van der Waals surface area contributed by atoms with Crippen LogP contribution in [0.25, 0.3) is 0 Å². The second-order valence-corrected chi connectivity index (χ2v) is 7.39. The van der Waals surface area contributed by atoms with Gasteiger partial charge in [-0.25, -0.2) is 4.98 Å². The van der Waals surface area contributed by atoms with Crippen LogP contribution in [-0.2, 0) is 4.79 Å². The van der Waals surface area contributed by atoms with E-state index in [4.69, 9.17) is 0 Å². The van der Waals surface area contributed by atoms with Gasteiger partial charge in [0.2, 0.25) is 5.91 Å². The van der Waals surface area contributed by atoms with Gasteiger partial charge in [0.1, 0.15) is 0 Å². The maximum absolute atomic E-state index is 12.8. The Bertz CT molecular complexity index is 531. The lowest BCUT2D eigenvalue weighted by Crippen LogP contribution is -2.44. The van der Waals surface area contributed by atoms with Crippen molar-refractivity contribution in [3.8, 4) is 0 Å². The Kier molecular flexibility index (Phi) is 4.26. The van der Waals surface area contributed by atoms with Gasteiger partial charge in [0.15, 0.2) is 5.13 Å². The highest BCUT2D eigenvalue weighted by Gasteiger charge is 2.50. The minimum absolute atomic E-state index is 0. The summed E-state index contributed by atoms with van der Waals surface area (Å²) < 4.78 is 0. The first-order chi connectivity index (χ1) is 9.78. The first-order valence-corrected chi connectivity index (χ1v) is 8.63. The van der Waals surface area contributed by atoms with Gasteiger partial charge in [0.05, 0.1) is 11.1 Å². The van der Waals surface area contributed by atoms with Crippen molar-refractivity contribution in [3.63, 3.8) is 0 Å². The molecular weight excluding hydrogens is 306 g/mol. The van der Waals surface area contributed by atoms with Crippen LogP contribution in [0.5, 0.6) is 0 Å². The number of carbonyl (C=O) groups is 1. The Morgan fingerprint density at radius 2 is 2.24 bits per heavy atom. The van der Waals surface area contributed by atoms with Gasteiger partial charge in [0.25, 0.3) is 0 Å². The summed E-state index contributed by atoms with van der Waals surface area (Å²) in [6.07, 6.45) is 7.17. The monoisotopic (exact) mass is 327 g/mol. The van der Waals surface area contributed by atoms with Crippen molar-refractivity contribution in [2.75, 3.05) is 18.4 Å². The number of aromatic nitrogens is 1. The molecule has 1 amide bonds. The fourth-order valence-corrected chi connectivity index (χ4v) is 4.61. The van der Waals surface area contributed by atoms with E-state index in [9.17, 15) is 4.79 Å². The van der Waals surface area contributed by atoms with Gasteiger partial charge in [-0.1, -0.05) is 12.8 Å². The molecule has 0 unspecified atom stereocenters. The third kappa shape index (κ3) is 2.71. The summed E-state index contributed by atoms with van der Waals surface area (Å²) in [6.45, 7) is 1.84. The molecule has 1 aromatic rings. The van der Waals surface area contributed by atoms with E-state index in [-0.39, 0.29) is 23.7 Å². The van der Waals surface area contributed by atoms with Crippen LogP contribution < -0.4 is 10.6 Å². The number of fused-ring (bicyclic) bond motifs is 1. The van der Waals surface area contributed by atoms with E-state index in [1.54, 1.807) is 11.3 Å². The zero-order valence-corrected chi connectivity index (χ0v) is 13.7. The molecule has 0 bridgehead atoms. The maximum atomic E-state index is 12.8. The van der Waals surface area contributed by atoms with E-state index < -0.39 is 0 Å². The number of rotatable bonds is 3. The molecule has 2 aliphatic carbocycles. The topological polar surface area (TPSA) is 54.0 Å². The third-order valence-electron chi connectivity index (χ3n) is 5.23. The van der Waals surface area contributed by atoms with Crippen LogP contribution in [-0.4, -0.2) is 24.0 Å². The van der Waals surface area contributed by atoms with Crippen molar-refractivity contribution in [3.05, 3.63) is 11.1 Å². The molecule has 3 aliphatic rings. The Hall–Kier alpha value is -0.650. The van der Waals surface area contributed by atoms with Crippen molar-refractivity contribution in [1.29, 1.82) is 0 Å². The third-order valence-corrected chi connectivity index (χ3v) is 6.00. The Morgan fingerprint density at radius 1 is 1.38 bits per heavy atom.